The summed E-state index contributed by atoms with van der Waals surface area (Å²) in [5.74, 6) is 0.813. The number of phosphoric ester groups is 2. The van der Waals surface area contributed by atoms with Gasteiger partial charge in [-0.15, -0.1) is 0 Å². The molecule has 0 saturated carbocycles. The molecule has 0 radical (unpaired) electrons. The molecule has 0 fully saturated rings. The van der Waals surface area contributed by atoms with E-state index in [1.807, 2.05) is 0 Å². The number of hydrogen-bond acceptors (Lipinski definition) is 15. The molecule has 3 N–H and O–H groups in total. The maximum atomic E-state index is 13.0. The fraction of sp³-hybridized carbons (Fsp3) is 0.943. The van der Waals surface area contributed by atoms with Crippen molar-refractivity contribution < 1.29 is 80.2 Å². The van der Waals surface area contributed by atoms with Crippen LogP contribution in [0, 0.1) is 23.7 Å². The van der Waals surface area contributed by atoms with Gasteiger partial charge >= 0.3 is 39.5 Å². The molecule has 0 aromatic carbocycles. The van der Waals surface area contributed by atoms with Crippen molar-refractivity contribution in [2.24, 2.45) is 23.7 Å². The van der Waals surface area contributed by atoms with Gasteiger partial charge < -0.3 is 33.8 Å². The number of ether oxygens (including phenoxy) is 4. The molecule has 0 aliphatic carbocycles. The van der Waals surface area contributed by atoms with Gasteiger partial charge in [-0.05, 0) is 49.4 Å². The van der Waals surface area contributed by atoms with E-state index in [0.717, 1.165) is 114 Å². The molecule has 0 heterocycles. The van der Waals surface area contributed by atoms with Crippen LogP contribution in [0.4, 0.5) is 0 Å². The number of carbonyl (C=O) groups is 4. The summed E-state index contributed by atoms with van der Waals surface area (Å²) in [4.78, 5) is 72.5. The Labute approximate surface area is 543 Å². The van der Waals surface area contributed by atoms with Crippen LogP contribution in [0.5, 0.6) is 0 Å². The van der Waals surface area contributed by atoms with Crippen LogP contribution in [-0.4, -0.2) is 96.7 Å². The Bertz CT molecular complexity index is 1760. The molecule has 17 nitrogen and oxygen atoms in total. The van der Waals surface area contributed by atoms with Crippen LogP contribution in [0.25, 0.3) is 0 Å². The second kappa shape index (κ2) is 59.8. The second-order valence-corrected chi connectivity index (χ2v) is 30.1. The molecule has 528 valence electrons. The van der Waals surface area contributed by atoms with Crippen molar-refractivity contribution in [3.8, 4) is 0 Å². The van der Waals surface area contributed by atoms with E-state index in [0.29, 0.717) is 31.6 Å². The van der Waals surface area contributed by atoms with E-state index in [2.05, 4.69) is 55.4 Å². The first kappa shape index (κ1) is 87.1. The standard InChI is InChI=1S/C70H136O17P2/c1-60(2)46-38-30-22-15-13-11-9-10-12-14-16-27-36-44-52-69(74)86-65(56-80-67(72)50-42-34-26-19-17-23-31-39-47-61(3)4)58-84-88(76,77)82-54-64(71)55-83-89(78,79)85-59-66(57-81-68(73)51-43-35-29-21-25-33-41-49-63(7)8)87-70(75)53-45-37-28-20-18-24-32-40-48-62(5)6/h60-66,71H,9-59H2,1-8H3,(H,76,77)(H,78,79)/t64?,65-,66-/m1/s1. The number of esters is 4. The molecule has 0 rings (SSSR count). The Hall–Kier alpha value is -1.94. The van der Waals surface area contributed by atoms with Crippen LogP contribution < -0.4 is 0 Å². The highest BCUT2D eigenvalue weighted by Gasteiger charge is 2.30. The van der Waals surface area contributed by atoms with Crippen LogP contribution in [0.2, 0.25) is 0 Å². The monoisotopic (exact) mass is 1310 g/mol. The fourth-order valence-electron chi connectivity index (χ4n) is 10.5. The zero-order valence-corrected chi connectivity index (χ0v) is 59.8. The van der Waals surface area contributed by atoms with Crippen molar-refractivity contribution in [2.75, 3.05) is 39.6 Å². The van der Waals surface area contributed by atoms with Gasteiger partial charge in [0, 0.05) is 25.7 Å². The van der Waals surface area contributed by atoms with Gasteiger partial charge in [-0.25, -0.2) is 9.13 Å². The van der Waals surface area contributed by atoms with E-state index in [4.69, 9.17) is 37.0 Å². The summed E-state index contributed by atoms with van der Waals surface area (Å²) in [5, 5.41) is 10.6. The second-order valence-electron chi connectivity index (χ2n) is 27.2. The lowest BCUT2D eigenvalue weighted by Crippen LogP contribution is -2.30. The van der Waals surface area contributed by atoms with E-state index in [9.17, 15) is 43.2 Å². The smallest absolute Gasteiger partial charge is 0.462 e. The lowest BCUT2D eigenvalue weighted by Gasteiger charge is -2.21. The van der Waals surface area contributed by atoms with Crippen molar-refractivity contribution in [1.29, 1.82) is 0 Å². The maximum Gasteiger partial charge on any atom is 0.472 e. The Morgan fingerprint density at radius 1 is 0.281 bits per heavy atom. The Kier molecular flexibility index (Phi) is 58.5. The minimum atomic E-state index is -4.95. The van der Waals surface area contributed by atoms with E-state index < -0.39 is 97.5 Å². The fourth-order valence-corrected chi connectivity index (χ4v) is 12.1. The highest BCUT2D eigenvalue weighted by molar-refractivity contribution is 7.47. The number of rotatable bonds is 67. The van der Waals surface area contributed by atoms with Gasteiger partial charge in [-0.1, -0.05) is 293 Å². The van der Waals surface area contributed by atoms with Gasteiger partial charge in [0.25, 0.3) is 0 Å². The van der Waals surface area contributed by atoms with E-state index in [1.54, 1.807) is 0 Å². The number of aliphatic hydroxyl groups excluding tert-OH is 1. The molecule has 0 amide bonds. The molecule has 19 heteroatoms. The van der Waals surface area contributed by atoms with Gasteiger partial charge in [0.05, 0.1) is 26.4 Å². The lowest BCUT2D eigenvalue weighted by atomic mass is 10.0. The first-order valence-corrected chi connectivity index (χ1v) is 39.2. The largest absolute Gasteiger partial charge is 0.472 e. The van der Waals surface area contributed by atoms with E-state index >= 15 is 0 Å². The number of phosphoric acid groups is 2. The predicted octanol–water partition coefficient (Wildman–Crippen LogP) is 19.7. The van der Waals surface area contributed by atoms with Crippen LogP contribution in [0.3, 0.4) is 0 Å². The van der Waals surface area contributed by atoms with E-state index in [-0.39, 0.29) is 25.7 Å². The zero-order valence-electron chi connectivity index (χ0n) is 58.1. The SMILES string of the molecule is CC(C)CCCCCCCCCCCCCCCCC(=O)O[C@H](COC(=O)CCCCCCCCCCC(C)C)COP(=O)(O)OCC(O)COP(=O)(O)OC[C@@H](COC(=O)CCCCCCCCCC(C)C)OC(=O)CCCCCCCCCCC(C)C. The zero-order chi connectivity index (χ0) is 66.1. The van der Waals surface area contributed by atoms with Crippen molar-refractivity contribution in [2.45, 2.75) is 363 Å². The van der Waals surface area contributed by atoms with Crippen LogP contribution in [-0.2, 0) is 65.4 Å². The van der Waals surface area contributed by atoms with Gasteiger partial charge in [-0.2, -0.15) is 0 Å². The van der Waals surface area contributed by atoms with Gasteiger partial charge in [0.15, 0.2) is 12.2 Å². The molecule has 0 saturated heterocycles. The summed E-state index contributed by atoms with van der Waals surface area (Å²) in [6, 6.07) is 0. The summed E-state index contributed by atoms with van der Waals surface area (Å²) in [7, 11) is -9.90. The molecule has 0 aromatic rings. The first-order valence-electron chi connectivity index (χ1n) is 36.2. The molecule has 5 atom stereocenters. The summed E-state index contributed by atoms with van der Waals surface area (Å²) in [6.45, 7) is 14.0. The van der Waals surface area contributed by atoms with Crippen LogP contribution in [0.15, 0.2) is 0 Å². The highest BCUT2D eigenvalue weighted by atomic mass is 31.2. The summed E-state index contributed by atoms with van der Waals surface area (Å²) in [6.07, 6.45) is 41.9. The third kappa shape index (κ3) is 64.6. The lowest BCUT2D eigenvalue weighted by molar-refractivity contribution is -0.161. The molecule has 3 unspecified atom stereocenters. The summed E-state index contributed by atoms with van der Waals surface area (Å²) >= 11 is 0. The van der Waals surface area contributed by atoms with Gasteiger partial charge in [0.1, 0.15) is 19.3 Å². The molecule has 0 aliphatic heterocycles. The summed E-state index contributed by atoms with van der Waals surface area (Å²) < 4.78 is 68.2. The quantitative estimate of drug-likeness (QED) is 0.0222. The Morgan fingerprint density at radius 3 is 0.697 bits per heavy atom. The molecule has 0 bridgehead atoms. The summed E-state index contributed by atoms with van der Waals surface area (Å²) in [5.41, 5.74) is 0. The Balaban J connectivity index is 5.23. The van der Waals surface area contributed by atoms with Crippen molar-refractivity contribution in [3.63, 3.8) is 0 Å². The average molecular weight is 1310 g/mol. The normalized spacial score (nSPS) is 14.3. The van der Waals surface area contributed by atoms with Crippen LogP contribution in [0.1, 0.15) is 344 Å². The highest BCUT2D eigenvalue weighted by Crippen LogP contribution is 2.45. The number of aliphatic hydroxyl groups is 1. The van der Waals surface area contributed by atoms with E-state index in [1.165, 1.54) is 141 Å². The molecular formula is C70H136O17P2. The third-order valence-corrected chi connectivity index (χ3v) is 18.0. The van der Waals surface area contributed by atoms with Gasteiger partial charge in [-0.3, -0.25) is 37.3 Å². The predicted molar refractivity (Wildman–Crippen MR) is 358 cm³/mol. The van der Waals surface area contributed by atoms with Gasteiger partial charge in [0.2, 0.25) is 0 Å². The van der Waals surface area contributed by atoms with Crippen molar-refractivity contribution >= 4 is 39.5 Å². The minimum absolute atomic E-state index is 0.103. The Morgan fingerprint density at radius 2 is 0.472 bits per heavy atom. The number of hydrogen-bond donors (Lipinski definition) is 3. The number of carbonyl (C=O) groups excluding carboxylic acids is 4. The topological polar surface area (TPSA) is 237 Å². The minimum Gasteiger partial charge on any atom is -0.462 e. The third-order valence-electron chi connectivity index (χ3n) is 16.1. The number of unbranched alkanes of at least 4 members (excludes halogenated alkanes) is 33. The molecule has 0 aliphatic rings. The molecule has 89 heavy (non-hydrogen) atoms. The first-order chi connectivity index (χ1) is 42.6. The van der Waals surface area contributed by atoms with Crippen LogP contribution >= 0.6 is 15.6 Å². The average Bonchev–Trinajstić information content (AvgIpc) is 3.68. The van der Waals surface area contributed by atoms with Crippen molar-refractivity contribution in [3.05, 3.63) is 0 Å². The maximum absolute atomic E-state index is 13.0. The molecular weight excluding hydrogens is 1170 g/mol. The molecule has 0 aromatic heterocycles. The van der Waals surface area contributed by atoms with Crippen molar-refractivity contribution in [1.82, 2.24) is 0 Å². The molecule has 0 spiro atoms.